The summed E-state index contributed by atoms with van der Waals surface area (Å²) in [6.07, 6.45) is 0.213. The van der Waals surface area contributed by atoms with E-state index in [4.69, 9.17) is 23.1 Å². The van der Waals surface area contributed by atoms with Gasteiger partial charge >= 0.3 is 0 Å². The number of rotatable bonds is 2. The van der Waals surface area contributed by atoms with E-state index >= 15 is 0 Å². The normalized spacial score (nSPS) is 25.5. The number of carbonyl (C=O) groups excluding carboxylic acids is 1. The van der Waals surface area contributed by atoms with E-state index in [1.165, 1.54) is 12.3 Å². The van der Waals surface area contributed by atoms with Crippen LogP contribution in [0, 0.1) is 0 Å². The highest BCUT2D eigenvalue weighted by Gasteiger charge is 2.61. The third-order valence-corrected chi connectivity index (χ3v) is 3.67. The lowest BCUT2D eigenvalue weighted by molar-refractivity contribution is -0.120. The molecule has 3 rings (SSSR count). The number of anilines is 1. The molecular weight excluding hydrogens is 271 g/mol. The third-order valence-electron chi connectivity index (χ3n) is 3.47. The quantitative estimate of drug-likeness (QED) is 0.811. The number of pyridine rings is 2. The standard InChI is InChI=1S/C12H10ClFN4O/c13-9-2-6(15)10-7(18-9)1-5(4-17-10)12(11(16)19)3-8(12)14/h1-2,4,8H,3H2,(H2,15,18)(H2,16,19). The smallest absolute Gasteiger partial charge is 0.231 e. The zero-order valence-electron chi connectivity index (χ0n) is 9.73. The Morgan fingerprint density at radius 1 is 1.53 bits per heavy atom. The Hall–Kier alpha value is -1.95. The van der Waals surface area contributed by atoms with Crippen LogP contribution in [-0.4, -0.2) is 22.0 Å². The Labute approximate surface area is 112 Å². The number of hydrogen-bond acceptors (Lipinski definition) is 4. The summed E-state index contributed by atoms with van der Waals surface area (Å²) in [6.45, 7) is 0. The molecule has 1 fully saturated rings. The molecule has 1 amide bonds. The Balaban J connectivity index is 2.20. The van der Waals surface area contributed by atoms with Gasteiger partial charge in [0.05, 0.1) is 11.2 Å². The molecule has 2 aromatic heterocycles. The maximum atomic E-state index is 13.5. The van der Waals surface area contributed by atoms with Gasteiger partial charge in [-0.25, -0.2) is 9.37 Å². The van der Waals surface area contributed by atoms with Crippen LogP contribution >= 0.6 is 11.6 Å². The molecule has 4 N–H and O–H groups in total. The van der Waals surface area contributed by atoms with Gasteiger partial charge in [0, 0.05) is 18.7 Å². The summed E-state index contributed by atoms with van der Waals surface area (Å²) in [6, 6.07) is 3.05. The van der Waals surface area contributed by atoms with Crippen molar-refractivity contribution >= 4 is 34.2 Å². The van der Waals surface area contributed by atoms with Crippen LogP contribution in [0.2, 0.25) is 5.15 Å². The van der Waals surface area contributed by atoms with E-state index in [2.05, 4.69) is 9.97 Å². The number of fused-ring (bicyclic) bond motifs is 1. The van der Waals surface area contributed by atoms with Crippen molar-refractivity contribution in [2.75, 3.05) is 5.73 Å². The summed E-state index contributed by atoms with van der Waals surface area (Å²) in [7, 11) is 0. The van der Waals surface area contributed by atoms with Crippen molar-refractivity contribution in [1.29, 1.82) is 0 Å². The average molecular weight is 281 g/mol. The molecule has 0 aromatic carbocycles. The second kappa shape index (κ2) is 3.77. The summed E-state index contributed by atoms with van der Waals surface area (Å²) in [4.78, 5) is 19.6. The number of nitrogens with zero attached hydrogens (tertiary/aromatic N) is 2. The van der Waals surface area contributed by atoms with Crippen LogP contribution in [0.4, 0.5) is 10.1 Å². The number of primary amides is 1. The predicted molar refractivity (Wildman–Crippen MR) is 69.3 cm³/mol. The number of alkyl halides is 1. The summed E-state index contributed by atoms with van der Waals surface area (Å²) >= 11 is 5.81. The fourth-order valence-electron chi connectivity index (χ4n) is 2.27. The van der Waals surface area contributed by atoms with Gasteiger partial charge in [-0.2, -0.15) is 0 Å². The topological polar surface area (TPSA) is 94.9 Å². The van der Waals surface area contributed by atoms with Crippen LogP contribution in [0.3, 0.4) is 0 Å². The van der Waals surface area contributed by atoms with Gasteiger partial charge in [-0.05, 0) is 11.6 Å². The minimum absolute atomic E-state index is 0.0750. The van der Waals surface area contributed by atoms with E-state index in [1.807, 2.05) is 0 Å². The summed E-state index contributed by atoms with van der Waals surface area (Å²) < 4.78 is 13.5. The lowest BCUT2D eigenvalue weighted by Crippen LogP contribution is -2.31. The number of nitrogens with two attached hydrogens (primary N) is 2. The van der Waals surface area contributed by atoms with Gasteiger partial charge in [0.15, 0.2) is 0 Å². The number of halogens is 2. The first-order chi connectivity index (χ1) is 8.95. The summed E-state index contributed by atoms with van der Waals surface area (Å²) in [5.41, 5.74) is 11.4. The highest BCUT2D eigenvalue weighted by molar-refractivity contribution is 6.30. The molecule has 1 aliphatic rings. The molecule has 2 aromatic rings. The van der Waals surface area contributed by atoms with Crippen molar-refractivity contribution < 1.29 is 9.18 Å². The predicted octanol–water partition coefficient (Wildman–Crippen LogP) is 1.33. The van der Waals surface area contributed by atoms with E-state index in [-0.39, 0.29) is 11.6 Å². The van der Waals surface area contributed by atoms with Crippen LogP contribution in [0.5, 0.6) is 0 Å². The van der Waals surface area contributed by atoms with Gasteiger partial charge in [0.2, 0.25) is 5.91 Å². The maximum absolute atomic E-state index is 13.5. The van der Waals surface area contributed by atoms with E-state index in [9.17, 15) is 9.18 Å². The molecule has 0 aliphatic heterocycles. The molecule has 7 heteroatoms. The SMILES string of the molecule is NC(=O)C1(c2cnc3c(N)cc(Cl)nc3c2)CC1F. The number of carbonyl (C=O) groups is 1. The number of aromatic nitrogens is 2. The molecule has 0 radical (unpaired) electrons. The van der Waals surface area contributed by atoms with E-state index in [0.29, 0.717) is 22.3 Å². The van der Waals surface area contributed by atoms with Crippen LogP contribution in [0.15, 0.2) is 18.3 Å². The fraction of sp³-hybridized carbons (Fsp3) is 0.250. The number of amides is 1. The second-order valence-electron chi connectivity index (χ2n) is 4.63. The number of nitrogen functional groups attached to an aromatic ring is 1. The summed E-state index contributed by atoms with van der Waals surface area (Å²) in [5, 5.41) is 0.213. The zero-order valence-corrected chi connectivity index (χ0v) is 10.5. The Bertz CT molecular complexity index is 707. The molecule has 0 saturated heterocycles. The third kappa shape index (κ3) is 1.63. The van der Waals surface area contributed by atoms with Crippen molar-refractivity contribution in [2.45, 2.75) is 18.0 Å². The molecule has 0 spiro atoms. The van der Waals surface area contributed by atoms with Gasteiger partial charge in [0.1, 0.15) is 22.3 Å². The zero-order chi connectivity index (χ0) is 13.8. The minimum Gasteiger partial charge on any atom is -0.397 e. The molecule has 0 bridgehead atoms. The molecule has 2 atom stereocenters. The second-order valence-corrected chi connectivity index (χ2v) is 5.02. The molecule has 19 heavy (non-hydrogen) atoms. The first-order valence-corrected chi connectivity index (χ1v) is 5.99. The highest BCUT2D eigenvalue weighted by atomic mass is 35.5. The molecule has 2 heterocycles. The Morgan fingerprint density at radius 2 is 2.21 bits per heavy atom. The Kier molecular flexibility index (Phi) is 2.40. The first-order valence-electron chi connectivity index (χ1n) is 5.61. The van der Waals surface area contributed by atoms with Gasteiger partial charge in [-0.3, -0.25) is 9.78 Å². The lowest BCUT2D eigenvalue weighted by atomic mass is 9.96. The average Bonchev–Trinajstić information content (AvgIpc) is 3.01. The highest BCUT2D eigenvalue weighted by Crippen LogP contribution is 2.50. The van der Waals surface area contributed by atoms with Gasteiger partial charge in [-0.15, -0.1) is 0 Å². The van der Waals surface area contributed by atoms with E-state index in [0.717, 1.165) is 0 Å². The monoisotopic (exact) mass is 280 g/mol. The van der Waals surface area contributed by atoms with Gasteiger partial charge in [-0.1, -0.05) is 11.6 Å². The van der Waals surface area contributed by atoms with Crippen molar-refractivity contribution in [3.8, 4) is 0 Å². The van der Waals surface area contributed by atoms with Crippen LogP contribution in [0.1, 0.15) is 12.0 Å². The summed E-state index contributed by atoms with van der Waals surface area (Å²) in [5.74, 6) is -0.698. The molecule has 2 unspecified atom stereocenters. The minimum atomic E-state index is -1.28. The van der Waals surface area contributed by atoms with E-state index in [1.54, 1.807) is 6.07 Å². The molecule has 98 valence electrons. The lowest BCUT2D eigenvalue weighted by Gasteiger charge is -2.12. The molecule has 5 nitrogen and oxygen atoms in total. The van der Waals surface area contributed by atoms with Crippen molar-refractivity contribution in [1.82, 2.24) is 9.97 Å². The molecule has 1 saturated carbocycles. The van der Waals surface area contributed by atoms with Crippen LogP contribution in [-0.2, 0) is 10.2 Å². The van der Waals surface area contributed by atoms with Crippen molar-refractivity contribution in [3.05, 3.63) is 29.0 Å². The number of hydrogen-bond donors (Lipinski definition) is 2. The van der Waals surface area contributed by atoms with Crippen molar-refractivity contribution in [2.24, 2.45) is 5.73 Å². The largest absolute Gasteiger partial charge is 0.397 e. The molecule has 1 aliphatic carbocycles. The van der Waals surface area contributed by atoms with E-state index < -0.39 is 17.5 Å². The van der Waals surface area contributed by atoms with Crippen LogP contribution in [0.25, 0.3) is 11.0 Å². The Morgan fingerprint density at radius 3 is 2.79 bits per heavy atom. The van der Waals surface area contributed by atoms with Crippen molar-refractivity contribution in [3.63, 3.8) is 0 Å². The molecular formula is C12H10ClFN4O. The van der Waals surface area contributed by atoms with Gasteiger partial charge in [0.25, 0.3) is 0 Å². The first kappa shape index (κ1) is 12.1. The van der Waals surface area contributed by atoms with Crippen LogP contribution < -0.4 is 11.5 Å². The fourth-order valence-corrected chi connectivity index (χ4v) is 2.48. The maximum Gasteiger partial charge on any atom is 0.231 e. The van der Waals surface area contributed by atoms with Gasteiger partial charge < -0.3 is 11.5 Å².